The number of nitrogens with zero attached hydrogens (tertiary/aromatic N) is 6. The van der Waals surface area contributed by atoms with Crippen LogP contribution in [0.3, 0.4) is 0 Å². The van der Waals surface area contributed by atoms with E-state index in [1.165, 1.54) is 19.3 Å². The van der Waals surface area contributed by atoms with Crippen LogP contribution in [0.4, 0.5) is 0 Å². The van der Waals surface area contributed by atoms with Gasteiger partial charge in [-0.25, -0.2) is 4.68 Å². The molecule has 1 unspecified atom stereocenters. The average molecular weight is 336 g/mol. The van der Waals surface area contributed by atoms with E-state index >= 15 is 0 Å². The summed E-state index contributed by atoms with van der Waals surface area (Å²) in [6.07, 6.45) is 9.24. The summed E-state index contributed by atoms with van der Waals surface area (Å²) in [6.45, 7) is 4.21. The van der Waals surface area contributed by atoms with Gasteiger partial charge in [0.2, 0.25) is 11.0 Å². The molecule has 0 aromatic carbocycles. The Morgan fingerprint density at radius 3 is 2.91 bits per heavy atom. The van der Waals surface area contributed by atoms with Crippen molar-refractivity contribution in [1.29, 1.82) is 0 Å². The zero-order valence-electron chi connectivity index (χ0n) is 13.8. The van der Waals surface area contributed by atoms with Crippen molar-refractivity contribution < 1.29 is 4.52 Å². The van der Waals surface area contributed by atoms with Gasteiger partial charge >= 0.3 is 0 Å². The first-order valence-corrected chi connectivity index (χ1v) is 9.43. The lowest BCUT2D eigenvalue weighted by Crippen LogP contribution is -2.15. The Bertz CT molecular complexity index is 607. The van der Waals surface area contributed by atoms with Crippen molar-refractivity contribution in [3.63, 3.8) is 0 Å². The highest BCUT2D eigenvalue weighted by Gasteiger charge is 2.23. The molecule has 1 fully saturated rings. The van der Waals surface area contributed by atoms with Crippen molar-refractivity contribution in [2.45, 2.75) is 81.7 Å². The van der Waals surface area contributed by atoms with E-state index in [0.717, 1.165) is 43.1 Å². The minimum atomic E-state index is 0.0474. The van der Waals surface area contributed by atoms with Crippen LogP contribution in [0.25, 0.3) is 0 Å². The van der Waals surface area contributed by atoms with Crippen LogP contribution in [0.1, 0.15) is 81.8 Å². The molecule has 0 aliphatic heterocycles. The van der Waals surface area contributed by atoms with Crippen LogP contribution in [0.15, 0.2) is 9.68 Å². The topological polar surface area (TPSA) is 82.5 Å². The van der Waals surface area contributed by atoms with Crippen LogP contribution in [-0.2, 0) is 6.42 Å². The molecule has 1 aliphatic carbocycles. The zero-order chi connectivity index (χ0) is 16.1. The maximum Gasteiger partial charge on any atom is 0.239 e. The molecule has 0 spiro atoms. The van der Waals surface area contributed by atoms with Gasteiger partial charge in [0.05, 0.1) is 11.3 Å². The van der Waals surface area contributed by atoms with Crippen LogP contribution in [0.2, 0.25) is 0 Å². The van der Waals surface area contributed by atoms with Gasteiger partial charge in [0.15, 0.2) is 5.82 Å². The lowest BCUT2D eigenvalue weighted by atomic mass is 9.96. The van der Waals surface area contributed by atoms with Crippen molar-refractivity contribution in [2.24, 2.45) is 0 Å². The number of hydrogen-bond acceptors (Lipinski definition) is 7. The predicted molar refractivity (Wildman–Crippen MR) is 87.1 cm³/mol. The molecule has 0 bridgehead atoms. The molecule has 1 atom stereocenters. The van der Waals surface area contributed by atoms with Crippen LogP contribution in [0.5, 0.6) is 0 Å². The van der Waals surface area contributed by atoms with Crippen LogP contribution in [0, 0.1) is 0 Å². The molecule has 23 heavy (non-hydrogen) atoms. The first kappa shape index (κ1) is 16.4. The fourth-order valence-corrected chi connectivity index (χ4v) is 3.79. The zero-order valence-corrected chi connectivity index (χ0v) is 14.6. The highest BCUT2D eigenvalue weighted by atomic mass is 32.2. The van der Waals surface area contributed by atoms with Gasteiger partial charge in [-0.05, 0) is 36.6 Å². The number of rotatable bonds is 7. The Morgan fingerprint density at radius 2 is 2.13 bits per heavy atom. The maximum absolute atomic E-state index is 5.40. The lowest BCUT2D eigenvalue weighted by Gasteiger charge is -2.22. The number of aromatic nitrogens is 6. The Balaban J connectivity index is 1.64. The molecule has 126 valence electrons. The van der Waals surface area contributed by atoms with Gasteiger partial charge in [-0.2, -0.15) is 4.98 Å². The largest absolute Gasteiger partial charge is 0.338 e. The molecule has 0 amide bonds. The summed E-state index contributed by atoms with van der Waals surface area (Å²) >= 11 is 1.59. The average Bonchev–Trinajstić information content (AvgIpc) is 3.23. The number of hydrogen-bond donors (Lipinski definition) is 0. The van der Waals surface area contributed by atoms with Crippen molar-refractivity contribution in [3.05, 3.63) is 11.7 Å². The summed E-state index contributed by atoms with van der Waals surface area (Å²) in [6, 6.07) is 0.427. The monoisotopic (exact) mass is 336 g/mol. The van der Waals surface area contributed by atoms with Crippen molar-refractivity contribution in [2.75, 3.05) is 0 Å². The highest BCUT2D eigenvalue weighted by molar-refractivity contribution is 7.99. The fraction of sp³-hybridized carbons (Fsp3) is 0.800. The second kappa shape index (κ2) is 7.90. The van der Waals surface area contributed by atoms with Gasteiger partial charge in [-0.3, -0.25) is 0 Å². The summed E-state index contributed by atoms with van der Waals surface area (Å²) in [4.78, 5) is 4.49. The highest BCUT2D eigenvalue weighted by Crippen LogP contribution is 2.36. The van der Waals surface area contributed by atoms with Gasteiger partial charge in [0, 0.05) is 6.42 Å². The number of tetrazole rings is 1. The number of thioether (sulfide) groups is 1. The normalized spacial score (nSPS) is 17.5. The Labute approximate surface area is 140 Å². The molecule has 2 aromatic rings. The smallest absolute Gasteiger partial charge is 0.239 e. The summed E-state index contributed by atoms with van der Waals surface area (Å²) < 4.78 is 7.38. The minimum absolute atomic E-state index is 0.0474. The van der Waals surface area contributed by atoms with Gasteiger partial charge < -0.3 is 4.52 Å². The molecular weight excluding hydrogens is 312 g/mol. The summed E-state index contributed by atoms with van der Waals surface area (Å²) in [5, 5.41) is 17.2. The van der Waals surface area contributed by atoms with Crippen LogP contribution < -0.4 is 0 Å². The summed E-state index contributed by atoms with van der Waals surface area (Å²) in [7, 11) is 0. The molecule has 0 saturated heterocycles. The van der Waals surface area contributed by atoms with E-state index in [4.69, 9.17) is 4.52 Å². The minimum Gasteiger partial charge on any atom is -0.338 e. The van der Waals surface area contributed by atoms with E-state index in [1.807, 2.05) is 4.68 Å². The first-order chi connectivity index (χ1) is 11.3. The second-order valence-electron chi connectivity index (χ2n) is 6.11. The molecular formula is C15H24N6OS. The van der Waals surface area contributed by atoms with Crippen molar-refractivity contribution in [1.82, 2.24) is 30.3 Å². The fourth-order valence-electron chi connectivity index (χ4n) is 2.90. The first-order valence-electron chi connectivity index (χ1n) is 8.55. The maximum atomic E-state index is 5.40. The Morgan fingerprint density at radius 1 is 1.30 bits per heavy atom. The SMILES string of the molecule is CCCCc1noc(C(C)Sc2nnnn2C2CCCCC2)n1. The van der Waals surface area contributed by atoms with Gasteiger partial charge in [0.25, 0.3) is 0 Å². The van der Waals surface area contributed by atoms with Gasteiger partial charge in [-0.1, -0.05) is 49.5 Å². The lowest BCUT2D eigenvalue weighted by molar-refractivity contribution is 0.307. The molecule has 0 N–H and O–H groups in total. The number of aryl methyl sites for hydroxylation is 1. The summed E-state index contributed by atoms with van der Waals surface area (Å²) in [5.41, 5.74) is 0. The molecule has 7 nitrogen and oxygen atoms in total. The standard InChI is InChI=1S/C15H24N6OS/c1-3-4-10-13-16-14(22-18-13)11(2)23-15-17-19-20-21(15)12-8-6-5-7-9-12/h11-12H,3-10H2,1-2H3. The van der Waals surface area contributed by atoms with Crippen LogP contribution in [-0.4, -0.2) is 30.3 Å². The molecule has 2 heterocycles. The van der Waals surface area contributed by atoms with E-state index in [-0.39, 0.29) is 5.25 Å². The Hall–Kier alpha value is -1.44. The molecule has 8 heteroatoms. The molecule has 1 saturated carbocycles. The van der Waals surface area contributed by atoms with Crippen molar-refractivity contribution >= 4 is 11.8 Å². The third-order valence-electron chi connectivity index (χ3n) is 4.25. The van der Waals surface area contributed by atoms with Gasteiger partial charge in [-0.15, -0.1) is 5.10 Å². The molecule has 3 rings (SSSR count). The predicted octanol–water partition coefficient (Wildman–Crippen LogP) is 3.76. The van der Waals surface area contributed by atoms with E-state index in [9.17, 15) is 0 Å². The van der Waals surface area contributed by atoms with Crippen molar-refractivity contribution in [3.8, 4) is 0 Å². The van der Waals surface area contributed by atoms with E-state index < -0.39 is 0 Å². The molecule has 2 aromatic heterocycles. The third-order valence-corrected chi connectivity index (χ3v) is 5.29. The van der Waals surface area contributed by atoms with E-state index in [2.05, 4.69) is 39.5 Å². The summed E-state index contributed by atoms with van der Waals surface area (Å²) in [5.74, 6) is 1.44. The van der Waals surface area contributed by atoms with E-state index in [0.29, 0.717) is 11.9 Å². The molecule has 1 aliphatic rings. The molecule has 0 radical (unpaired) electrons. The number of unbranched alkanes of at least 4 members (excludes halogenated alkanes) is 1. The quantitative estimate of drug-likeness (QED) is 0.712. The Kier molecular flexibility index (Phi) is 5.64. The third kappa shape index (κ3) is 4.10. The van der Waals surface area contributed by atoms with Gasteiger partial charge in [0.1, 0.15) is 0 Å². The second-order valence-corrected chi connectivity index (χ2v) is 7.42. The van der Waals surface area contributed by atoms with E-state index in [1.54, 1.807) is 11.8 Å². The van der Waals surface area contributed by atoms with Crippen LogP contribution >= 0.6 is 11.8 Å².